The van der Waals surface area contributed by atoms with Crippen molar-refractivity contribution in [2.24, 2.45) is 0 Å². The molecule has 3 rings (SSSR count). The molecule has 0 saturated carbocycles. The van der Waals surface area contributed by atoms with Crippen molar-refractivity contribution in [3.8, 4) is 5.75 Å². The van der Waals surface area contributed by atoms with Crippen LogP contribution in [0, 0.1) is 0 Å². The minimum Gasteiger partial charge on any atom is -0.497 e. The summed E-state index contributed by atoms with van der Waals surface area (Å²) in [6, 6.07) is 8.87. The van der Waals surface area contributed by atoms with Gasteiger partial charge in [0.2, 0.25) is 11.6 Å². The summed E-state index contributed by atoms with van der Waals surface area (Å²) in [7, 11) is 1.60. The van der Waals surface area contributed by atoms with Crippen LogP contribution < -0.4 is 4.74 Å². The smallest absolute Gasteiger partial charge is 0.234 e. The van der Waals surface area contributed by atoms with Gasteiger partial charge in [-0.2, -0.15) is 0 Å². The Morgan fingerprint density at radius 3 is 2.71 bits per heavy atom. The Balaban J connectivity index is 2.11. The quantitative estimate of drug-likeness (QED) is 0.690. The molecule has 0 saturated heterocycles. The van der Waals surface area contributed by atoms with E-state index in [9.17, 15) is 4.79 Å². The summed E-state index contributed by atoms with van der Waals surface area (Å²) in [6.07, 6.45) is 4.16. The molecule has 0 aliphatic heterocycles. The number of fused-ring (bicyclic) bond motifs is 1. The number of aryl methyl sites for hydroxylation is 1. The molecular formula is C16H15N3O2. The number of imidazole rings is 1. The molecule has 0 fully saturated rings. The number of hydrogen-bond acceptors (Lipinski definition) is 4. The number of benzene rings is 1. The van der Waals surface area contributed by atoms with Gasteiger partial charge in [-0.05, 0) is 36.8 Å². The van der Waals surface area contributed by atoms with Crippen molar-refractivity contribution in [3.05, 3.63) is 59.7 Å². The van der Waals surface area contributed by atoms with Gasteiger partial charge in [0, 0.05) is 18.0 Å². The Bertz CT molecular complexity index is 791. The third-order valence-electron chi connectivity index (χ3n) is 3.38. The van der Waals surface area contributed by atoms with Crippen molar-refractivity contribution in [3.63, 3.8) is 0 Å². The van der Waals surface area contributed by atoms with Crippen LogP contribution >= 0.6 is 0 Å². The molecule has 106 valence electrons. The zero-order valence-corrected chi connectivity index (χ0v) is 11.9. The second-order valence-electron chi connectivity index (χ2n) is 4.61. The average molecular weight is 281 g/mol. The second kappa shape index (κ2) is 5.36. The lowest BCUT2D eigenvalue weighted by atomic mass is 10.1. The SMILES string of the molecule is CCc1nc2ncccn2c1C(=O)c1ccc(OC)cc1. The van der Waals surface area contributed by atoms with E-state index in [0.29, 0.717) is 23.5 Å². The zero-order chi connectivity index (χ0) is 14.8. The van der Waals surface area contributed by atoms with Crippen LogP contribution in [-0.2, 0) is 6.42 Å². The lowest BCUT2D eigenvalue weighted by Gasteiger charge is -2.04. The molecule has 3 aromatic rings. The molecule has 0 spiro atoms. The highest BCUT2D eigenvalue weighted by Gasteiger charge is 2.19. The van der Waals surface area contributed by atoms with Crippen molar-refractivity contribution in [2.75, 3.05) is 7.11 Å². The van der Waals surface area contributed by atoms with Gasteiger partial charge in [0.05, 0.1) is 12.8 Å². The molecule has 0 aliphatic rings. The Labute approximate surface area is 122 Å². The first-order valence-corrected chi connectivity index (χ1v) is 6.75. The molecule has 0 unspecified atom stereocenters. The fourth-order valence-corrected chi connectivity index (χ4v) is 2.30. The standard InChI is InChI=1S/C16H15N3O2/c1-3-13-14(19-10-4-9-17-16(19)18-13)15(20)11-5-7-12(21-2)8-6-11/h4-10H,3H2,1-2H3. The Morgan fingerprint density at radius 2 is 2.05 bits per heavy atom. The fourth-order valence-electron chi connectivity index (χ4n) is 2.30. The third-order valence-corrected chi connectivity index (χ3v) is 3.38. The van der Waals surface area contributed by atoms with Crippen molar-refractivity contribution >= 4 is 11.6 Å². The van der Waals surface area contributed by atoms with Gasteiger partial charge in [-0.15, -0.1) is 0 Å². The number of carbonyl (C=O) groups is 1. The number of rotatable bonds is 4. The van der Waals surface area contributed by atoms with Crippen molar-refractivity contribution in [2.45, 2.75) is 13.3 Å². The minimum absolute atomic E-state index is 0.0602. The average Bonchev–Trinajstić information content (AvgIpc) is 2.92. The molecule has 21 heavy (non-hydrogen) atoms. The maximum atomic E-state index is 12.8. The van der Waals surface area contributed by atoms with Gasteiger partial charge in [-0.3, -0.25) is 9.20 Å². The van der Waals surface area contributed by atoms with Crippen LogP contribution in [0.5, 0.6) is 5.75 Å². The van der Waals surface area contributed by atoms with Crippen LogP contribution in [0.2, 0.25) is 0 Å². The van der Waals surface area contributed by atoms with Gasteiger partial charge in [0.1, 0.15) is 11.4 Å². The topological polar surface area (TPSA) is 56.5 Å². The molecule has 0 bridgehead atoms. The van der Waals surface area contributed by atoms with Gasteiger partial charge < -0.3 is 4.74 Å². The van der Waals surface area contributed by atoms with E-state index in [1.807, 2.05) is 13.1 Å². The molecule has 0 aliphatic carbocycles. The summed E-state index contributed by atoms with van der Waals surface area (Å²) in [6.45, 7) is 1.98. The summed E-state index contributed by atoms with van der Waals surface area (Å²) in [5.74, 6) is 1.21. The second-order valence-corrected chi connectivity index (χ2v) is 4.61. The maximum Gasteiger partial charge on any atom is 0.234 e. The van der Waals surface area contributed by atoms with Crippen molar-refractivity contribution < 1.29 is 9.53 Å². The van der Waals surface area contributed by atoms with Gasteiger partial charge in [0.25, 0.3) is 0 Å². The maximum absolute atomic E-state index is 12.8. The number of aromatic nitrogens is 3. The van der Waals surface area contributed by atoms with E-state index in [1.165, 1.54) is 0 Å². The van der Waals surface area contributed by atoms with Crippen molar-refractivity contribution in [1.82, 2.24) is 14.4 Å². The molecule has 1 aromatic carbocycles. The lowest BCUT2D eigenvalue weighted by molar-refractivity contribution is 0.103. The normalized spacial score (nSPS) is 10.8. The number of carbonyl (C=O) groups excluding carboxylic acids is 1. The van der Waals surface area contributed by atoms with E-state index in [0.717, 1.165) is 11.4 Å². The molecule has 0 N–H and O–H groups in total. The highest BCUT2D eigenvalue weighted by molar-refractivity contribution is 6.09. The van der Waals surface area contributed by atoms with Crippen LogP contribution in [-0.4, -0.2) is 27.3 Å². The van der Waals surface area contributed by atoms with Crippen LogP contribution in [0.3, 0.4) is 0 Å². The number of ether oxygens (including phenoxy) is 1. The Kier molecular flexibility index (Phi) is 3.39. The number of nitrogens with zero attached hydrogens (tertiary/aromatic N) is 3. The van der Waals surface area contributed by atoms with E-state index < -0.39 is 0 Å². The van der Waals surface area contributed by atoms with Crippen LogP contribution in [0.25, 0.3) is 5.78 Å². The summed E-state index contributed by atoms with van der Waals surface area (Å²) in [4.78, 5) is 21.4. The third kappa shape index (κ3) is 2.27. The lowest BCUT2D eigenvalue weighted by Crippen LogP contribution is -2.08. The van der Waals surface area contributed by atoms with Gasteiger partial charge in [-0.25, -0.2) is 9.97 Å². The van der Waals surface area contributed by atoms with E-state index in [2.05, 4.69) is 9.97 Å². The number of ketones is 1. The highest BCUT2D eigenvalue weighted by atomic mass is 16.5. The van der Waals surface area contributed by atoms with Crippen LogP contribution in [0.15, 0.2) is 42.7 Å². The Morgan fingerprint density at radius 1 is 1.29 bits per heavy atom. The van der Waals surface area contributed by atoms with Crippen LogP contribution in [0.4, 0.5) is 0 Å². The minimum atomic E-state index is -0.0602. The van der Waals surface area contributed by atoms with E-state index in [1.54, 1.807) is 48.0 Å². The molecule has 0 amide bonds. The van der Waals surface area contributed by atoms with Gasteiger partial charge in [0.15, 0.2) is 0 Å². The highest BCUT2D eigenvalue weighted by Crippen LogP contribution is 2.19. The van der Waals surface area contributed by atoms with Crippen molar-refractivity contribution in [1.29, 1.82) is 0 Å². The molecular weight excluding hydrogens is 266 g/mol. The first-order chi connectivity index (χ1) is 10.2. The fraction of sp³-hybridized carbons (Fsp3) is 0.188. The number of methoxy groups -OCH3 is 1. The largest absolute Gasteiger partial charge is 0.497 e. The summed E-state index contributed by atoms with van der Waals surface area (Å²) < 4.78 is 6.86. The van der Waals surface area contributed by atoms with E-state index >= 15 is 0 Å². The molecule has 5 heteroatoms. The predicted octanol–water partition coefficient (Wildman–Crippen LogP) is 2.53. The number of hydrogen-bond donors (Lipinski definition) is 0. The summed E-state index contributed by atoms with van der Waals surface area (Å²) >= 11 is 0. The monoisotopic (exact) mass is 281 g/mol. The van der Waals surface area contributed by atoms with E-state index in [-0.39, 0.29) is 5.78 Å². The predicted molar refractivity (Wildman–Crippen MR) is 78.8 cm³/mol. The van der Waals surface area contributed by atoms with Crippen LogP contribution in [0.1, 0.15) is 28.7 Å². The summed E-state index contributed by atoms with van der Waals surface area (Å²) in [5.41, 5.74) is 1.94. The van der Waals surface area contributed by atoms with Gasteiger partial charge in [-0.1, -0.05) is 6.92 Å². The zero-order valence-electron chi connectivity index (χ0n) is 11.9. The molecule has 2 heterocycles. The molecule has 0 radical (unpaired) electrons. The Hall–Kier alpha value is -2.69. The molecule has 0 atom stereocenters. The first kappa shape index (κ1) is 13.3. The first-order valence-electron chi connectivity index (χ1n) is 6.75. The molecule has 5 nitrogen and oxygen atoms in total. The molecule has 2 aromatic heterocycles. The van der Waals surface area contributed by atoms with E-state index in [4.69, 9.17) is 4.74 Å². The van der Waals surface area contributed by atoms with Gasteiger partial charge >= 0.3 is 0 Å². The summed E-state index contributed by atoms with van der Waals surface area (Å²) in [5, 5.41) is 0.